The van der Waals surface area contributed by atoms with E-state index in [1.165, 1.54) is 19.3 Å². The Morgan fingerprint density at radius 3 is 2.47 bits per heavy atom. The van der Waals surface area contributed by atoms with Crippen LogP contribution in [0.4, 0.5) is 0 Å². The van der Waals surface area contributed by atoms with Crippen LogP contribution in [0, 0.1) is 17.8 Å². The fraction of sp³-hybridized carbons (Fsp3) is 0.769. The third-order valence-electron chi connectivity index (χ3n) is 3.79. The van der Waals surface area contributed by atoms with Gasteiger partial charge < -0.3 is 5.73 Å². The molecule has 0 spiro atoms. The second-order valence-corrected chi connectivity index (χ2v) is 5.11. The standard InChI is InChI=1S/C13H23NO/c1-9(8-15)7-12(14)13-10(2)5-4-6-11(13)3/h8,10-13H,1,4-7,14H2,2-3H3. The number of carbonyl (C=O) groups is 1. The van der Waals surface area contributed by atoms with Crippen molar-refractivity contribution < 1.29 is 4.79 Å². The molecule has 15 heavy (non-hydrogen) atoms. The minimum atomic E-state index is 0.105. The van der Waals surface area contributed by atoms with Gasteiger partial charge >= 0.3 is 0 Å². The number of hydrogen-bond acceptors (Lipinski definition) is 2. The van der Waals surface area contributed by atoms with Crippen molar-refractivity contribution in [1.29, 1.82) is 0 Å². The third kappa shape index (κ3) is 3.16. The van der Waals surface area contributed by atoms with E-state index in [9.17, 15) is 4.79 Å². The lowest BCUT2D eigenvalue weighted by molar-refractivity contribution is -0.105. The molecule has 0 amide bonds. The number of nitrogens with two attached hydrogens (primary N) is 1. The molecule has 2 nitrogen and oxygen atoms in total. The van der Waals surface area contributed by atoms with E-state index in [1.54, 1.807) is 0 Å². The van der Waals surface area contributed by atoms with Gasteiger partial charge in [-0.25, -0.2) is 0 Å². The first-order valence-corrected chi connectivity index (χ1v) is 5.94. The Balaban J connectivity index is 2.58. The normalized spacial score (nSPS) is 33.4. The molecule has 1 aliphatic rings. The topological polar surface area (TPSA) is 43.1 Å². The van der Waals surface area contributed by atoms with E-state index >= 15 is 0 Å². The first kappa shape index (κ1) is 12.4. The van der Waals surface area contributed by atoms with Crippen LogP contribution in [0.15, 0.2) is 12.2 Å². The summed E-state index contributed by atoms with van der Waals surface area (Å²) in [5, 5.41) is 0. The fourth-order valence-electron chi connectivity index (χ4n) is 3.04. The van der Waals surface area contributed by atoms with E-state index in [0.29, 0.717) is 29.7 Å². The molecule has 0 saturated heterocycles. The number of rotatable bonds is 4. The summed E-state index contributed by atoms with van der Waals surface area (Å²) in [6, 6.07) is 0.105. The van der Waals surface area contributed by atoms with Gasteiger partial charge in [0, 0.05) is 6.04 Å². The van der Waals surface area contributed by atoms with Crippen molar-refractivity contribution in [2.45, 2.75) is 45.6 Å². The molecular weight excluding hydrogens is 186 g/mol. The van der Waals surface area contributed by atoms with Gasteiger partial charge in [-0.1, -0.05) is 39.7 Å². The Hall–Kier alpha value is -0.630. The summed E-state index contributed by atoms with van der Waals surface area (Å²) in [5.74, 6) is 1.92. The molecule has 2 heteroatoms. The molecule has 86 valence electrons. The van der Waals surface area contributed by atoms with Crippen LogP contribution in [0.3, 0.4) is 0 Å². The van der Waals surface area contributed by atoms with Crippen LogP contribution in [0.1, 0.15) is 39.5 Å². The van der Waals surface area contributed by atoms with Crippen LogP contribution in [-0.2, 0) is 4.79 Å². The summed E-state index contributed by atoms with van der Waals surface area (Å²) in [6.07, 6.45) is 5.35. The molecule has 0 bridgehead atoms. The predicted octanol–water partition coefficient (Wildman–Crippen LogP) is 2.53. The molecule has 0 aromatic carbocycles. The maximum Gasteiger partial charge on any atom is 0.145 e. The molecule has 0 aromatic rings. The van der Waals surface area contributed by atoms with Crippen LogP contribution in [0.5, 0.6) is 0 Å². The lowest BCUT2D eigenvalue weighted by Gasteiger charge is -2.38. The highest BCUT2D eigenvalue weighted by Crippen LogP contribution is 2.37. The summed E-state index contributed by atoms with van der Waals surface area (Å²) in [5.41, 5.74) is 6.82. The van der Waals surface area contributed by atoms with Gasteiger partial charge in [-0.05, 0) is 29.7 Å². The summed E-state index contributed by atoms with van der Waals surface area (Å²) < 4.78 is 0. The first-order chi connectivity index (χ1) is 7.06. The van der Waals surface area contributed by atoms with Crippen molar-refractivity contribution in [1.82, 2.24) is 0 Å². The summed E-state index contributed by atoms with van der Waals surface area (Å²) in [6.45, 7) is 8.27. The van der Waals surface area contributed by atoms with Gasteiger partial charge in [-0.15, -0.1) is 0 Å². The van der Waals surface area contributed by atoms with Gasteiger partial charge in [0.15, 0.2) is 0 Å². The lowest BCUT2D eigenvalue weighted by Crippen LogP contribution is -2.40. The number of hydrogen-bond donors (Lipinski definition) is 1. The Kier molecular flexibility index (Phi) is 4.52. The molecule has 1 rings (SSSR count). The van der Waals surface area contributed by atoms with Gasteiger partial charge in [0.1, 0.15) is 6.29 Å². The highest BCUT2D eigenvalue weighted by atomic mass is 16.1. The van der Waals surface area contributed by atoms with Crippen molar-refractivity contribution in [3.05, 3.63) is 12.2 Å². The SMILES string of the molecule is C=C(C=O)CC(N)C1C(C)CCCC1C. The maximum atomic E-state index is 10.5. The highest BCUT2D eigenvalue weighted by Gasteiger charge is 2.32. The van der Waals surface area contributed by atoms with Crippen molar-refractivity contribution in [3.8, 4) is 0 Å². The quantitative estimate of drug-likeness (QED) is 0.571. The monoisotopic (exact) mass is 209 g/mol. The molecule has 2 N–H and O–H groups in total. The zero-order valence-electron chi connectivity index (χ0n) is 9.91. The van der Waals surface area contributed by atoms with Gasteiger partial charge in [0.2, 0.25) is 0 Å². The average Bonchev–Trinajstić information content (AvgIpc) is 2.17. The van der Waals surface area contributed by atoms with Gasteiger partial charge in [-0.3, -0.25) is 4.79 Å². The van der Waals surface area contributed by atoms with Gasteiger partial charge in [0.25, 0.3) is 0 Å². The molecule has 0 aliphatic heterocycles. The first-order valence-electron chi connectivity index (χ1n) is 5.94. The molecular formula is C13H23NO. The van der Waals surface area contributed by atoms with Crippen molar-refractivity contribution >= 4 is 6.29 Å². The van der Waals surface area contributed by atoms with Gasteiger partial charge in [0.05, 0.1) is 0 Å². The highest BCUT2D eigenvalue weighted by molar-refractivity contribution is 5.72. The Bertz CT molecular complexity index is 227. The summed E-state index contributed by atoms with van der Waals surface area (Å²) in [4.78, 5) is 10.5. The van der Waals surface area contributed by atoms with E-state index in [-0.39, 0.29) is 6.04 Å². The number of aldehydes is 1. The van der Waals surface area contributed by atoms with Crippen LogP contribution < -0.4 is 5.73 Å². The lowest BCUT2D eigenvalue weighted by atomic mass is 9.69. The van der Waals surface area contributed by atoms with Crippen molar-refractivity contribution in [2.24, 2.45) is 23.5 Å². The molecule has 0 radical (unpaired) electrons. The summed E-state index contributed by atoms with van der Waals surface area (Å²) >= 11 is 0. The second kappa shape index (κ2) is 5.45. The van der Waals surface area contributed by atoms with Crippen LogP contribution in [0.25, 0.3) is 0 Å². The number of carbonyl (C=O) groups excluding carboxylic acids is 1. The summed E-state index contributed by atoms with van der Waals surface area (Å²) in [7, 11) is 0. The van der Waals surface area contributed by atoms with Gasteiger partial charge in [-0.2, -0.15) is 0 Å². The molecule has 0 aromatic heterocycles. The van der Waals surface area contributed by atoms with E-state index < -0.39 is 0 Å². The second-order valence-electron chi connectivity index (χ2n) is 5.11. The molecule has 1 fully saturated rings. The zero-order valence-corrected chi connectivity index (χ0v) is 9.91. The van der Waals surface area contributed by atoms with Crippen LogP contribution in [-0.4, -0.2) is 12.3 Å². The fourth-order valence-corrected chi connectivity index (χ4v) is 3.04. The Labute approximate surface area is 92.9 Å². The molecule has 3 unspecified atom stereocenters. The largest absolute Gasteiger partial charge is 0.327 e. The smallest absolute Gasteiger partial charge is 0.145 e. The maximum absolute atomic E-state index is 10.5. The van der Waals surface area contributed by atoms with Crippen LogP contribution >= 0.6 is 0 Å². The van der Waals surface area contributed by atoms with Crippen molar-refractivity contribution in [3.63, 3.8) is 0 Å². The van der Waals surface area contributed by atoms with E-state index in [1.807, 2.05) is 0 Å². The average molecular weight is 209 g/mol. The molecule has 1 aliphatic carbocycles. The van der Waals surface area contributed by atoms with Crippen molar-refractivity contribution in [2.75, 3.05) is 0 Å². The Morgan fingerprint density at radius 2 is 2.00 bits per heavy atom. The molecule has 0 heterocycles. The Morgan fingerprint density at radius 1 is 1.47 bits per heavy atom. The van der Waals surface area contributed by atoms with E-state index in [0.717, 1.165) is 6.29 Å². The minimum Gasteiger partial charge on any atom is -0.327 e. The molecule has 3 atom stereocenters. The minimum absolute atomic E-state index is 0.105. The molecule has 1 saturated carbocycles. The third-order valence-corrected chi connectivity index (χ3v) is 3.79. The zero-order chi connectivity index (χ0) is 11.4. The van der Waals surface area contributed by atoms with E-state index in [4.69, 9.17) is 5.73 Å². The van der Waals surface area contributed by atoms with E-state index in [2.05, 4.69) is 20.4 Å². The van der Waals surface area contributed by atoms with Crippen LogP contribution in [0.2, 0.25) is 0 Å². The predicted molar refractivity (Wildman–Crippen MR) is 63.5 cm³/mol.